The quantitative estimate of drug-likeness (QED) is 0.370. The predicted octanol–water partition coefficient (Wildman–Crippen LogP) is 5.09. The van der Waals surface area contributed by atoms with E-state index in [4.69, 9.17) is 9.84 Å². The Bertz CT molecular complexity index is 976. The normalized spacial score (nSPS) is 13.9. The predicted molar refractivity (Wildman–Crippen MR) is 135 cm³/mol. The number of benzene rings is 2. The maximum absolute atomic E-state index is 12.7. The van der Waals surface area contributed by atoms with Gasteiger partial charge in [0.15, 0.2) is 0 Å². The first-order valence-electron chi connectivity index (χ1n) is 12.5. The van der Waals surface area contributed by atoms with Gasteiger partial charge >= 0.3 is 12.1 Å². The largest absolute Gasteiger partial charge is 0.481 e. The van der Waals surface area contributed by atoms with Gasteiger partial charge in [-0.05, 0) is 34.6 Å². The SMILES string of the molecule is CCCCC(CC(=O)NCC(CC)CC(=O)O)NC(=O)OCC1c2ccccc2-c2ccccc21. The number of alkyl carbamates (subject to hydrolysis) is 1. The van der Waals surface area contributed by atoms with Crippen molar-refractivity contribution in [1.82, 2.24) is 10.6 Å². The number of carboxylic acid groups (broad SMARTS) is 1. The summed E-state index contributed by atoms with van der Waals surface area (Å²) in [5.41, 5.74) is 4.64. The van der Waals surface area contributed by atoms with Crippen LogP contribution in [0.2, 0.25) is 0 Å². The highest BCUT2D eigenvalue weighted by Gasteiger charge is 2.29. The van der Waals surface area contributed by atoms with Crippen molar-refractivity contribution in [3.63, 3.8) is 0 Å². The minimum absolute atomic E-state index is 0.0219. The summed E-state index contributed by atoms with van der Waals surface area (Å²) in [6.45, 7) is 4.50. The lowest BCUT2D eigenvalue weighted by Crippen LogP contribution is -2.40. The molecular formula is C28H36N2O5. The van der Waals surface area contributed by atoms with Gasteiger partial charge in [0, 0.05) is 31.3 Å². The van der Waals surface area contributed by atoms with Gasteiger partial charge in [-0.1, -0.05) is 81.6 Å². The number of ether oxygens (including phenoxy) is 1. The van der Waals surface area contributed by atoms with Crippen LogP contribution in [-0.2, 0) is 14.3 Å². The first-order valence-corrected chi connectivity index (χ1v) is 12.5. The van der Waals surface area contributed by atoms with E-state index in [9.17, 15) is 14.4 Å². The molecule has 1 aliphatic rings. The molecule has 2 aromatic rings. The molecule has 2 aromatic carbocycles. The van der Waals surface area contributed by atoms with Crippen molar-refractivity contribution in [3.8, 4) is 11.1 Å². The highest BCUT2D eigenvalue weighted by atomic mass is 16.5. The van der Waals surface area contributed by atoms with Crippen LogP contribution >= 0.6 is 0 Å². The minimum atomic E-state index is -0.871. The van der Waals surface area contributed by atoms with E-state index in [0.29, 0.717) is 19.4 Å². The third-order valence-electron chi connectivity index (χ3n) is 6.63. The van der Waals surface area contributed by atoms with Gasteiger partial charge in [0.1, 0.15) is 6.61 Å². The molecule has 0 saturated carbocycles. The standard InChI is InChI=1S/C28H36N2O5/c1-3-5-10-20(16-26(31)29-17-19(4-2)15-27(32)33)30-28(34)35-18-25-23-13-8-6-11-21(23)22-12-7-9-14-24(22)25/h6-9,11-14,19-20,25H,3-5,10,15-18H2,1-2H3,(H,29,31)(H,30,34)(H,32,33). The van der Waals surface area contributed by atoms with Crippen LogP contribution in [0.25, 0.3) is 11.1 Å². The molecule has 0 saturated heterocycles. The second-order valence-corrected chi connectivity index (χ2v) is 9.19. The molecule has 0 fully saturated rings. The van der Waals surface area contributed by atoms with Crippen molar-refractivity contribution in [2.45, 2.75) is 64.3 Å². The number of fused-ring (bicyclic) bond motifs is 3. The second kappa shape index (κ2) is 12.9. The Kier molecular flexibility index (Phi) is 9.70. The van der Waals surface area contributed by atoms with Crippen molar-refractivity contribution >= 4 is 18.0 Å². The smallest absolute Gasteiger partial charge is 0.407 e. The van der Waals surface area contributed by atoms with Gasteiger partial charge in [0.05, 0.1) is 0 Å². The van der Waals surface area contributed by atoms with E-state index in [1.165, 1.54) is 11.1 Å². The molecule has 3 N–H and O–H groups in total. The first kappa shape index (κ1) is 26.3. The summed E-state index contributed by atoms with van der Waals surface area (Å²) in [7, 11) is 0. The zero-order valence-electron chi connectivity index (χ0n) is 20.6. The van der Waals surface area contributed by atoms with Crippen LogP contribution < -0.4 is 10.6 Å². The summed E-state index contributed by atoms with van der Waals surface area (Å²) in [5, 5.41) is 14.7. The van der Waals surface area contributed by atoms with E-state index in [1.807, 2.05) is 31.2 Å². The molecule has 3 rings (SSSR count). The molecule has 0 radical (unpaired) electrons. The Hall–Kier alpha value is -3.35. The fourth-order valence-corrected chi connectivity index (χ4v) is 4.64. The molecule has 2 amide bonds. The molecule has 7 nitrogen and oxygen atoms in total. The Labute approximate surface area is 207 Å². The van der Waals surface area contributed by atoms with E-state index in [-0.39, 0.29) is 43.2 Å². The Morgan fingerprint density at radius 2 is 1.60 bits per heavy atom. The summed E-state index contributed by atoms with van der Waals surface area (Å²) in [4.78, 5) is 36.1. The lowest BCUT2D eigenvalue weighted by Gasteiger charge is -2.20. The van der Waals surface area contributed by atoms with Crippen LogP contribution in [0.3, 0.4) is 0 Å². The molecule has 2 unspecified atom stereocenters. The van der Waals surface area contributed by atoms with Crippen molar-refractivity contribution < 1.29 is 24.2 Å². The molecule has 0 bridgehead atoms. The van der Waals surface area contributed by atoms with E-state index < -0.39 is 12.1 Å². The summed E-state index contributed by atoms with van der Waals surface area (Å²) in [6, 6.07) is 16.0. The van der Waals surface area contributed by atoms with E-state index in [1.54, 1.807) is 0 Å². The zero-order valence-corrected chi connectivity index (χ0v) is 20.6. The molecule has 1 aliphatic carbocycles. The van der Waals surface area contributed by atoms with Gasteiger partial charge in [0.25, 0.3) is 0 Å². The van der Waals surface area contributed by atoms with E-state index >= 15 is 0 Å². The fourth-order valence-electron chi connectivity index (χ4n) is 4.64. The molecule has 0 aromatic heterocycles. The molecular weight excluding hydrogens is 444 g/mol. The van der Waals surface area contributed by atoms with E-state index in [2.05, 4.69) is 41.8 Å². The van der Waals surface area contributed by atoms with Crippen molar-refractivity contribution in [2.75, 3.05) is 13.2 Å². The van der Waals surface area contributed by atoms with Gasteiger partial charge < -0.3 is 20.5 Å². The number of unbranched alkanes of at least 4 members (excludes halogenated alkanes) is 1. The average Bonchev–Trinajstić information content (AvgIpc) is 3.17. The highest BCUT2D eigenvalue weighted by Crippen LogP contribution is 2.44. The third kappa shape index (κ3) is 7.31. The van der Waals surface area contributed by atoms with Crippen molar-refractivity contribution in [2.24, 2.45) is 5.92 Å². The topological polar surface area (TPSA) is 105 Å². The zero-order chi connectivity index (χ0) is 25.2. The van der Waals surface area contributed by atoms with Gasteiger partial charge in [0.2, 0.25) is 5.91 Å². The third-order valence-corrected chi connectivity index (χ3v) is 6.63. The molecule has 2 atom stereocenters. The van der Waals surface area contributed by atoms with Crippen LogP contribution in [0.1, 0.15) is 69.4 Å². The van der Waals surface area contributed by atoms with Gasteiger partial charge in [-0.15, -0.1) is 0 Å². The summed E-state index contributed by atoms with van der Waals surface area (Å²) in [5.74, 6) is -1.20. The fraction of sp³-hybridized carbons (Fsp3) is 0.464. The summed E-state index contributed by atoms with van der Waals surface area (Å²) >= 11 is 0. The number of rotatable bonds is 13. The molecule has 0 heterocycles. The van der Waals surface area contributed by atoms with Crippen LogP contribution in [0.4, 0.5) is 4.79 Å². The Balaban J connectivity index is 1.55. The monoisotopic (exact) mass is 480 g/mol. The molecule has 0 spiro atoms. The summed E-state index contributed by atoms with van der Waals surface area (Å²) < 4.78 is 5.64. The van der Waals surface area contributed by atoms with Crippen LogP contribution in [0, 0.1) is 5.92 Å². The number of carbonyl (C=O) groups is 3. The maximum Gasteiger partial charge on any atom is 0.407 e. The molecule has 0 aliphatic heterocycles. The Morgan fingerprint density at radius 3 is 2.17 bits per heavy atom. The molecule has 35 heavy (non-hydrogen) atoms. The van der Waals surface area contributed by atoms with Gasteiger partial charge in [-0.25, -0.2) is 4.79 Å². The highest BCUT2D eigenvalue weighted by molar-refractivity contribution is 5.79. The number of amides is 2. The van der Waals surface area contributed by atoms with Gasteiger partial charge in [-0.3, -0.25) is 9.59 Å². The number of aliphatic carboxylic acids is 1. The minimum Gasteiger partial charge on any atom is -0.481 e. The van der Waals surface area contributed by atoms with Crippen molar-refractivity contribution in [3.05, 3.63) is 59.7 Å². The van der Waals surface area contributed by atoms with Gasteiger partial charge in [-0.2, -0.15) is 0 Å². The number of nitrogens with one attached hydrogen (secondary N) is 2. The van der Waals surface area contributed by atoms with Crippen LogP contribution in [0.5, 0.6) is 0 Å². The average molecular weight is 481 g/mol. The van der Waals surface area contributed by atoms with Crippen molar-refractivity contribution in [1.29, 1.82) is 0 Å². The lowest BCUT2D eigenvalue weighted by atomic mass is 9.98. The number of carboxylic acids is 1. The second-order valence-electron chi connectivity index (χ2n) is 9.19. The lowest BCUT2D eigenvalue weighted by molar-refractivity contribution is -0.138. The van der Waals surface area contributed by atoms with Crippen LogP contribution in [0.15, 0.2) is 48.5 Å². The summed E-state index contributed by atoms with van der Waals surface area (Å²) in [6.07, 6.45) is 2.78. The molecule has 7 heteroatoms. The number of hydrogen-bond donors (Lipinski definition) is 3. The molecule has 188 valence electrons. The Morgan fingerprint density at radius 1 is 0.971 bits per heavy atom. The number of hydrogen-bond acceptors (Lipinski definition) is 4. The number of carbonyl (C=O) groups excluding carboxylic acids is 2. The van der Waals surface area contributed by atoms with Crippen LogP contribution in [-0.4, -0.2) is 42.3 Å². The van der Waals surface area contributed by atoms with E-state index in [0.717, 1.165) is 24.0 Å². The maximum atomic E-state index is 12.7. The first-order chi connectivity index (χ1) is 16.9.